The number of carbonyl (C=O) groups excluding carboxylic acids is 4. The van der Waals surface area contributed by atoms with Crippen LogP contribution in [-0.4, -0.2) is 231 Å². The molecule has 0 bridgehead atoms. The fourth-order valence-electron chi connectivity index (χ4n) is 12.4. The number of carbonyl (C=O) groups is 4. The van der Waals surface area contributed by atoms with Crippen molar-refractivity contribution in [1.29, 1.82) is 0 Å². The number of methoxy groups -OCH3 is 1. The van der Waals surface area contributed by atoms with E-state index in [1.54, 1.807) is 45.3 Å². The summed E-state index contributed by atoms with van der Waals surface area (Å²) in [5.74, 6) is -3.36. The second-order valence-electron chi connectivity index (χ2n) is 34.2. The van der Waals surface area contributed by atoms with Gasteiger partial charge in [0.15, 0.2) is 58.5 Å². The Bertz CT molecular complexity index is 3340. The van der Waals surface area contributed by atoms with Crippen molar-refractivity contribution in [2.24, 2.45) is 11.8 Å². The first-order chi connectivity index (χ1) is 49.2. The average Bonchev–Trinajstić information content (AvgIpc) is 1.60. The number of Topliss-reactive ketones (excluding diaryl/α,β-unsaturated/α-hetero) is 2. The summed E-state index contributed by atoms with van der Waals surface area (Å²) < 4.78 is 92.4. The van der Waals surface area contributed by atoms with Crippen LogP contribution in [0.1, 0.15) is 173 Å². The quantitative estimate of drug-likeness (QED) is 0.148. The molecular formula is C82H123BrO22Se2. The van der Waals surface area contributed by atoms with Gasteiger partial charge in [-0.25, -0.2) is 0 Å². The first-order valence-corrected chi connectivity index (χ1v) is 43.4. The molecule has 0 radical (unpaired) electrons. The first-order valence-electron chi connectivity index (χ1n) is 36.7. The number of hydrogen-bond acceptors (Lipinski definition) is 22. The molecule has 0 amide bonds. The number of aliphatic hydroxyl groups is 2. The van der Waals surface area contributed by atoms with Gasteiger partial charge in [0.1, 0.15) is 54.9 Å². The molecule has 107 heavy (non-hydrogen) atoms. The minimum Gasteiger partial charge on any atom is -0.386 e. The zero-order chi connectivity index (χ0) is 80.4. The van der Waals surface area contributed by atoms with Crippen molar-refractivity contribution in [3.8, 4) is 0 Å². The second kappa shape index (κ2) is 37.7. The van der Waals surface area contributed by atoms with Crippen LogP contribution < -0.4 is 8.92 Å². The molecule has 2 saturated carbocycles. The van der Waals surface area contributed by atoms with Gasteiger partial charge in [0.25, 0.3) is 0 Å². The molecule has 13 rings (SSSR count). The maximum Gasteiger partial charge on any atom is 0.187 e. The molecule has 6 aliphatic heterocycles. The van der Waals surface area contributed by atoms with Gasteiger partial charge in [0, 0.05) is 19.4 Å². The fraction of sp³-hybridized carbons (Fsp3) is 0.683. The van der Waals surface area contributed by atoms with E-state index >= 15 is 0 Å². The number of ether oxygens (including phenoxy) is 16. The van der Waals surface area contributed by atoms with Crippen LogP contribution in [0.15, 0.2) is 122 Å². The molecule has 22 nitrogen and oxygen atoms in total. The summed E-state index contributed by atoms with van der Waals surface area (Å²) in [4.78, 5) is 47.5. The van der Waals surface area contributed by atoms with Crippen LogP contribution in [0.3, 0.4) is 0 Å². The Kier molecular flexibility index (Phi) is 32.6. The summed E-state index contributed by atoms with van der Waals surface area (Å²) in [7, 11) is 1.71. The Morgan fingerprint density at radius 1 is 0.533 bits per heavy atom. The molecule has 602 valence electrons. The van der Waals surface area contributed by atoms with Gasteiger partial charge in [-0.2, -0.15) is 0 Å². The van der Waals surface area contributed by atoms with Crippen molar-refractivity contribution in [2.75, 3.05) is 26.9 Å². The Balaban J connectivity index is 0.000000197. The Morgan fingerprint density at radius 3 is 1.51 bits per heavy atom. The molecule has 6 saturated heterocycles. The summed E-state index contributed by atoms with van der Waals surface area (Å²) in [5.41, 5.74) is 0.272. The maximum absolute atomic E-state index is 13.0. The number of ketones is 4. The number of rotatable bonds is 12. The fourth-order valence-corrected chi connectivity index (χ4v) is 16.8. The number of hydrogen-bond donors (Lipinski definition) is 2. The van der Waals surface area contributed by atoms with E-state index in [9.17, 15) is 29.4 Å². The van der Waals surface area contributed by atoms with E-state index in [0.29, 0.717) is 39.4 Å². The zero-order valence-electron chi connectivity index (χ0n) is 67.6. The summed E-state index contributed by atoms with van der Waals surface area (Å²) in [6.45, 7) is 54.8. The van der Waals surface area contributed by atoms with E-state index in [0.717, 1.165) is 5.57 Å². The Hall–Kier alpha value is -3.38. The third kappa shape index (κ3) is 28.9. The second-order valence-corrected chi connectivity index (χ2v) is 39.7. The van der Waals surface area contributed by atoms with Gasteiger partial charge in [-0.05, 0) is 155 Å². The van der Waals surface area contributed by atoms with Gasteiger partial charge in [-0.3, -0.25) is 14.4 Å². The van der Waals surface area contributed by atoms with Crippen LogP contribution in [0.2, 0.25) is 4.82 Å². The van der Waals surface area contributed by atoms with Gasteiger partial charge in [0.2, 0.25) is 0 Å². The van der Waals surface area contributed by atoms with E-state index < -0.39 is 71.3 Å². The van der Waals surface area contributed by atoms with Gasteiger partial charge in [-0.1, -0.05) is 24.3 Å². The number of aliphatic hydroxyl groups excluding tert-OH is 2. The molecule has 2 N–H and O–H groups in total. The van der Waals surface area contributed by atoms with E-state index in [4.69, 9.17) is 75.8 Å². The van der Waals surface area contributed by atoms with Crippen molar-refractivity contribution < 1.29 is 105 Å². The third-order valence-electron chi connectivity index (χ3n) is 17.3. The molecule has 8 unspecified atom stereocenters. The smallest absolute Gasteiger partial charge is 0.187 e. The molecule has 17 atom stereocenters. The number of benzene rings is 2. The summed E-state index contributed by atoms with van der Waals surface area (Å²) >= 11 is 3.95. The van der Waals surface area contributed by atoms with Gasteiger partial charge in [-0.15, -0.1) is 13.2 Å². The molecule has 2 aromatic rings. The van der Waals surface area contributed by atoms with Gasteiger partial charge < -0.3 is 71.8 Å². The first kappa shape index (κ1) is 92.5. The van der Waals surface area contributed by atoms with Crippen molar-refractivity contribution in [2.45, 2.75) is 320 Å². The third-order valence-corrected chi connectivity index (χ3v) is 23.1. The molecular weight excluding hydrogens is 1570 g/mol. The number of fused-ring (bicyclic) bond motifs is 5. The van der Waals surface area contributed by atoms with Crippen LogP contribution in [0.25, 0.3) is 0 Å². The zero-order valence-corrected chi connectivity index (χ0v) is 72.6. The topological polar surface area (TPSA) is 256 Å². The van der Waals surface area contributed by atoms with E-state index in [2.05, 4.69) is 63.7 Å². The Morgan fingerprint density at radius 2 is 1.00 bits per heavy atom. The van der Waals surface area contributed by atoms with Crippen molar-refractivity contribution in [1.82, 2.24) is 0 Å². The normalized spacial score (nSPS) is 32.3. The number of halogens is 1. The summed E-state index contributed by atoms with van der Waals surface area (Å²) in [5, 5.41) is 18.9. The van der Waals surface area contributed by atoms with Crippen molar-refractivity contribution in [3.05, 3.63) is 122 Å². The largest absolute Gasteiger partial charge is 0.386 e. The predicted octanol–water partition coefficient (Wildman–Crippen LogP) is 11.2. The minimum absolute atomic E-state index is 0.0144. The molecule has 25 heteroatoms. The molecule has 8 fully saturated rings. The predicted molar refractivity (Wildman–Crippen MR) is 414 cm³/mol. The van der Waals surface area contributed by atoms with Crippen LogP contribution in [0.4, 0.5) is 0 Å². The molecule has 5 aliphatic carbocycles. The van der Waals surface area contributed by atoms with E-state index in [-0.39, 0.29) is 126 Å². The maximum atomic E-state index is 13.0. The molecule has 0 aromatic heterocycles. The minimum atomic E-state index is -0.718. The van der Waals surface area contributed by atoms with Crippen LogP contribution in [0.5, 0.6) is 0 Å². The molecule has 0 spiro atoms. The summed E-state index contributed by atoms with van der Waals surface area (Å²) in [6, 6.07) is 20.6. The van der Waals surface area contributed by atoms with E-state index in [1.807, 2.05) is 183 Å². The van der Waals surface area contributed by atoms with Crippen LogP contribution in [-0.2, 0) is 95.0 Å². The van der Waals surface area contributed by atoms with E-state index in [1.165, 1.54) is 21.1 Å². The molecule has 11 aliphatic rings. The Labute approximate surface area is 656 Å². The molecule has 6 heterocycles. The van der Waals surface area contributed by atoms with Gasteiger partial charge in [0.05, 0.1) is 36.1 Å². The van der Waals surface area contributed by atoms with Crippen LogP contribution in [0, 0.1) is 11.8 Å². The SMILES string of the molecule is Br[Se]c1ccccc1.C=CC(O)C1OC(C)(C)O[C@H]1C=C.CC(C)(C)OCC1=CC(=O)[C@H]2OC(C)(C)O[C@@H]12.CC(C)(C)OCC1C([Se]c2ccccc2)C(=O)[C@H]2OC(C)(C)O[C@@H]12.CC(C)(C)OCC1CC(=O)[C@H]2OC(C)(C)O[C@@H]12.CC1(C)OC2C(=O)C=C[C@@H]2O1.CC1(C)OC2C(O)C=C[C@@H]2O1.COC(C)(C)C. The average molecular weight is 1700 g/mol. The molecule has 2 aromatic carbocycles. The van der Waals surface area contributed by atoms with Crippen LogP contribution >= 0.6 is 14.1 Å². The van der Waals surface area contributed by atoms with Gasteiger partial charge >= 0.3 is 212 Å². The monoisotopic (exact) mass is 1700 g/mol. The van der Waals surface area contributed by atoms with Crippen molar-refractivity contribution in [3.63, 3.8) is 0 Å². The van der Waals surface area contributed by atoms with Crippen molar-refractivity contribution >= 4 is 74.3 Å². The summed E-state index contributed by atoms with van der Waals surface area (Å²) in [6.07, 6.45) is 7.38. The standard InChI is InChI=1S/C19H26O4Se.C13H22O4.C13H20O4.C10H16O3.C8H12O3.C8H10O3.C6H5BrSe.C5H12O/c1-18(2,3)21-11-13-15-16(23-19(4,5)22-15)14(20)17(13)24-12-9-7-6-8-10-12;2*1-12(2,3)15-7-8-6-9(14)11-10(8)16-13(4,5)17-11;1-5-7(11)9-8(6-2)12-10(3,4)13-9;2*1-8(2)10-6-4-3-5(9)7(6)11-8;7-8-6-4-2-1-3-5-6;1-5(2,3)6-4/h6-10,13,15-17H,11H2,1-5H3;8,10-11H,6-7H2,1-5H3;6,10-11H,7H2,1-5H3;5-9,11H,1-2H2,3-4H3;3-7,9H,1-2H3;3-4,6-7H,1-2H3;1-5H;1-4H3/t13?,15-,16+,17?;8?,10-,11+;10-,11+;7?,8-,9?;5?,6-,7?;6-,7?;;/m000000../s1.